The Morgan fingerprint density at radius 2 is 1.84 bits per heavy atom. The number of hydrazine groups is 1. The van der Waals surface area contributed by atoms with Gasteiger partial charge in [0.2, 0.25) is 0 Å². The summed E-state index contributed by atoms with van der Waals surface area (Å²) < 4.78 is 27.6. The second-order valence-corrected chi connectivity index (χ2v) is 4.64. The molecule has 1 unspecified atom stereocenters. The molecule has 0 spiro atoms. The Labute approximate surface area is 111 Å². The molecule has 0 amide bonds. The summed E-state index contributed by atoms with van der Waals surface area (Å²) in [4.78, 5) is 0. The molecule has 2 nitrogen and oxygen atoms in total. The molecule has 3 N–H and O–H groups in total. The van der Waals surface area contributed by atoms with Crippen molar-refractivity contribution in [1.82, 2.24) is 5.43 Å². The van der Waals surface area contributed by atoms with Crippen LogP contribution in [0.1, 0.15) is 28.3 Å². The molecule has 0 saturated heterocycles. The van der Waals surface area contributed by atoms with E-state index in [1.165, 1.54) is 12.1 Å². The van der Waals surface area contributed by atoms with Gasteiger partial charge < -0.3 is 0 Å². The fourth-order valence-corrected chi connectivity index (χ4v) is 2.19. The Kier molecular flexibility index (Phi) is 3.93. The molecule has 0 fully saturated rings. The number of nitrogens with one attached hydrogen (secondary N) is 1. The summed E-state index contributed by atoms with van der Waals surface area (Å²) in [5.74, 6) is 4.83. The number of hydrogen-bond donors (Lipinski definition) is 2. The summed E-state index contributed by atoms with van der Waals surface area (Å²) in [7, 11) is 0. The summed E-state index contributed by atoms with van der Waals surface area (Å²) in [6.45, 7) is 3.47. The third kappa shape index (κ3) is 2.80. The van der Waals surface area contributed by atoms with E-state index in [-0.39, 0.29) is 11.6 Å². The Balaban J connectivity index is 2.53. The standard InChI is InChI=1S/C15H16F2N2/c1-9-6-11(8-12(16)7-9)15(19-18)13-5-3-4-10(2)14(13)17/h3-8,15,19H,18H2,1-2H3. The quantitative estimate of drug-likeness (QED) is 0.658. The number of halogens is 2. The molecule has 19 heavy (non-hydrogen) atoms. The molecular formula is C15H16F2N2. The first-order valence-electron chi connectivity index (χ1n) is 6.01. The second-order valence-electron chi connectivity index (χ2n) is 4.64. The van der Waals surface area contributed by atoms with Crippen LogP contribution in [0, 0.1) is 25.5 Å². The molecule has 2 aromatic carbocycles. The van der Waals surface area contributed by atoms with Crippen LogP contribution in [0.3, 0.4) is 0 Å². The minimum atomic E-state index is -0.575. The van der Waals surface area contributed by atoms with Gasteiger partial charge in [-0.25, -0.2) is 14.2 Å². The molecule has 100 valence electrons. The smallest absolute Gasteiger partial charge is 0.131 e. The third-order valence-corrected chi connectivity index (χ3v) is 3.10. The number of rotatable bonds is 3. The molecule has 1 atom stereocenters. The first-order valence-corrected chi connectivity index (χ1v) is 6.01. The van der Waals surface area contributed by atoms with Gasteiger partial charge >= 0.3 is 0 Å². The molecule has 2 rings (SSSR count). The van der Waals surface area contributed by atoms with Gasteiger partial charge in [-0.1, -0.05) is 24.3 Å². The molecule has 4 heteroatoms. The summed E-state index contributed by atoms with van der Waals surface area (Å²) in [5.41, 5.74) is 4.86. The Morgan fingerprint density at radius 3 is 2.47 bits per heavy atom. The molecule has 2 aromatic rings. The van der Waals surface area contributed by atoms with Crippen molar-refractivity contribution in [2.45, 2.75) is 19.9 Å². The molecule has 0 radical (unpaired) electrons. The van der Waals surface area contributed by atoms with E-state index < -0.39 is 6.04 Å². The van der Waals surface area contributed by atoms with Crippen LogP contribution in [0.4, 0.5) is 8.78 Å². The lowest BCUT2D eigenvalue weighted by Gasteiger charge is -2.19. The lowest BCUT2D eigenvalue weighted by molar-refractivity contribution is 0.550. The van der Waals surface area contributed by atoms with Gasteiger partial charge in [-0.05, 0) is 42.7 Å². The summed E-state index contributed by atoms with van der Waals surface area (Å²) >= 11 is 0. The first kappa shape index (κ1) is 13.6. The number of aryl methyl sites for hydroxylation is 2. The molecule has 0 heterocycles. The summed E-state index contributed by atoms with van der Waals surface area (Å²) in [5, 5.41) is 0. The monoisotopic (exact) mass is 262 g/mol. The van der Waals surface area contributed by atoms with Crippen LogP contribution in [-0.2, 0) is 0 Å². The van der Waals surface area contributed by atoms with Crippen LogP contribution in [-0.4, -0.2) is 0 Å². The second kappa shape index (κ2) is 5.47. The Morgan fingerprint density at radius 1 is 1.11 bits per heavy atom. The van der Waals surface area contributed by atoms with Gasteiger partial charge in [0.15, 0.2) is 0 Å². The van der Waals surface area contributed by atoms with E-state index in [0.717, 1.165) is 5.56 Å². The molecular weight excluding hydrogens is 246 g/mol. The van der Waals surface area contributed by atoms with Crippen LogP contribution < -0.4 is 11.3 Å². The zero-order valence-corrected chi connectivity index (χ0v) is 10.9. The summed E-state index contributed by atoms with van der Waals surface area (Å²) in [6.07, 6.45) is 0. The van der Waals surface area contributed by atoms with Crippen LogP contribution >= 0.6 is 0 Å². The SMILES string of the molecule is Cc1cc(F)cc(C(NN)c2cccc(C)c2F)c1. The average molecular weight is 262 g/mol. The van der Waals surface area contributed by atoms with Gasteiger partial charge in [-0.2, -0.15) is 0 Å². The predicted molar refractivity (Wildman–Crippen MR) is 71.4 cm³/mol. The number of hydrogen-bond acceptors (Lipinski definition) is 2. The minimum Gasteiger partial charge on any atom is -0.271 e. The topological polar surface area (TPSA) is 38.0 Å². The lowest BCUT2D eigenvalue weighted by Crippen LogP contribution is -2.29. The van der Waals surface area contributed by atoms with Crippen molar-refractivity contribution in [3.05, 3.63) is 70.3 Å². The van der Waals surface area contributed by atoms with Crippen molar-refractivity contribution in [2.75, 3.05) is 0 Å². The molecule has 0 aliphatic carbocycles. The molecule has 0 aromatic heterocycles. The van der Waals surface area contributed by atoms with Gasteiger partial charge in [0.25, 0.3) is 0 Å². The highest BCUT2D eigenvalue weighted by Crippen LogP contribution is 2.26. The Hall–Kier alpha value is -1.78. The molecule has 0 bridgehead atoms. The maximum atomic E-state index is 14.1. The fraction of sp³-hybridized carbons (Fsp3) is 0.200. The fourth-order valence-electron chi connectivity index (χ4n) is 2.19. The normalized spacial score (nSPS) is 12.5. The largest absolute Gasteiger partial charge is 0.271 e. The maximum absolute atomic E-state index is 14.1. The van der Waals surface area contributed by atoms with E-state index in [0.29, 0.717) is 16.7 Å². The molecule has 0 aliphatic heterocycles. The highest BCUT2D eigenvalue weighted by molar-refractivity contribution is 5.37. The zero-order chi connectivity index (χ0) is 14.0. The summed E-state index contributed by atoms with van der Waals surface area (Å²) in [6, 6.07) is 9.08. The Bertz CT molecular complexity index is 576. The van der Waals surface area contributed by atoms with Crippen molar-refractivity contribution in [3.8, 4) is 0 Å². The molecule has 0 saturated carbocycles. The number of benzene rings is 2. The van der Waals surface area contributed by atoms with Crippen LogP contribution in [0.5, 0.6) is 0 Å². The van der Waals surface area contributed by atoms with Gasteiger partial charge in [-0.15, -0.1) is 0 Å². The zero-order valence-electron chi connectivity index (χ0n) is 10.9. The van der Waals surface area contributed by atoms with E-state index in [1.807, 2.05) is 0 Å². The van der Waals surface area contributed by atoms with E-state index in [9.17, 15) is 8.78 Å². The van der Waals surface area contributed by atoms with Crippen LogP contribution in [0.15, 0.2) is 36.4 Å². The van der Waals surface area contributed by atoms with Crippen molar-refractivity contribution in [2.24, 2.45) is 5.84 Å². The van der Waals surface area contributed by atoms with Gasteiger partial charge in [-0.3, -0.25) is 5.84 Å². The number of nitrogens with two attached hydrogens (primary N) is 1. The highest BCUT2D eigenvalue weighted by Gasteiger charge is 2.18. The van der Waals surface area contributed by atoms with E-state index in [2.05, 4.69) is 5.43 Å². The van der Waals surface area contributed by atoms with Gasteiger partial charge in [0, 0.05) is 5.56 Å². The average Bonchev–Trinajstić information content (AvgIpc) is 2.34. The van der Waals surface area contributed by atoms with Crippen LogP contribution in [0.25, 0.3) is 0 Å². The minimum absolute atomic E-state index is 0.327. The van der Waals surface area contributed by atoms with Gasteiger partial charge in [0.1, 0.15) is 11.6 Å². The van der Waals surface area contributed by atoms with Crippen LogP contribution in [0.2, 0.25) is 0 Å². The van der Waals surface area contributed by atoms with Crippen molar-refractivity contribution < 1.29 is 8.78 Å². The van der Waals surface area contributed by atoms with Gasteiger partial charge in [0.05, 0.1) is 6.04 Å². The van der Waals surface area contributed by atoms with Crippen molar-refractivity contribution in [3.63, 3.8) is 0 Å². The lowest BCUT2D eigenvalue weighted by atomic mass is 9.96. The van der Waals surface area contributed by atoms with E-state index >= 15 is 0 Å². The van der Waals surface area contributed by atoms with E-state index in [1.54, 1.807) is 38.1 Å². The maximum Gasteiger partial charge on any atom is 0.131 e. The highest BCUT2D eigenvalue weighted by atomic mass is 19.1. The molecule has 0 aliphatic rings. The van der Waals surface area contributed by atoms with Crippen molar-refractivity contribution >= 4 is 0 Å². The predicted octanol–water partition coefficient (Wildman–Crippen LogP) is 3.13. The third-order valence-electron chi connectivity index (χ3n) is 3.10. The van der Waals surface area contributed by atoms with Crippen molar-refractivity contribution in [1.29, 1.82) is 0 Å². The first-order chi connectivity index (χ1) is 9.02. The van der Waals surface area contributed by atoms with E-state index in [4.69, 9.17) is 5.84 Å².